The Morgan fingerprint density at radius 3 is 2.55 bits per heavy atom. The first-order valence-electron chi connectivity index (χ1n) is 9.92. The summed E-state index contributed by atoms with van der Waals surface area (Å²) in [7, 11) is 0. The van der Waals surface area contributed by atoms with Crippen LogP contribution in [-0.2, 0) is 9.59 Å². The lowest BCUT2D eigenvalue weighted by atomic mass is 9.86. The standard InChI is InChI=1S/C22H22F2N2O4S/c1-13-9-17(14(2)26(13)15-3-5-16(6-4-15)30-21(23)24)18(27)11-25-19(28)10-22(20(25)29)7-8-31-12-22/h3-6,9,21H,7-8,10-12H2,1-2H3/t22-/m1/s1. The number of carbonyl (C=O) groups is 3. The lowest BCUT2D eigenvalue weighted by Gasteiger charge is -2.19. The number of Topliss-reactive ketones (excluding diaryl/α,β-unsaturated/α-hetero) is 1. The van der Waals surface area contributed by atoms with Crippen molar-refractivity contribution < 1.29 is 27.9 Å². The maximum absolute atomic E-state index is 13.0. The van der Waals surface area contributed by atoms with E-state index in [2.05, 4.69) is 4.74 Å². The Kier molecular flexibility index (Phi) is 5.63. The van der Waals surface area contributed by atoms with E-state index in [0.29, 0.717) is 29.1 Å². The fourth-order valence-corrected chi connectivity index (χ4v) is 5.82. The first kappa shape index (κ1) is 21.5. The van der Waals surface area contributed by atoms with Gasteiger partial charge in [0, 0.05) is 34.8 Å². The van der Waals surface area contributed by atoms with Crippen LogP contribution in [0.15, 0.2) is 30.3 Å². The lowest BCUT2D eigenvalue weighted by molar-refractivity contribution is -0.140. The Morgan fingerprint density at radius 1 is 1.23 bits per heavy atom. The maximum atomic E-state index is 13.0. The predicted octanol–water partition coefficient (Wildman–Crippen LogP) is 3.76. The Balaban J connectivity index is 1.55. The average Bonchev–Trinajstić information content (AvgIpc) is 3.36. The zero-order valence-corrected chi connectivity index (χ0v) is 18.0. The minimum Gasteiger partial charge on any atom is -0.435 e. The van der Waals surface area contributed by atoms with Gasteiger partial charge in [0.05, 0.1) is 12.0 Å². The van der Waals surface area contributed by atoms with Gasteiger partial charge >= 0.3 is 6.61 Å². The molecule has 2 fully saturated rings. The highest BCUT2D eigenvalue weighted by molar-refractivity contribution is 7.99. The number of ether oxygens (including phenoxy) is 1. The van der Waals surface area contributed by atoms with Gasteiger partial charge in [-0.25, -0.2) is 0 Å². The van der Waals surface area contributed by atoms with Gasteiger partial charge < -0.3 is 9.30 Å². The number of hydrogen-bond acceptors (Lipinski definition) is 5. The van der Waals surface area contributed by atoms with E-state index in [9.17, 15) is 23.2 Å². The van der Waals surface area contributed by atoms with E-state index < -0.39 is 12.0 Å². The van der Waals surface area contributed by atoms with Crippen molar-refractivity contribution in [1.29, 1.82) is 0 Å². The van der Waals surface area contributed by atoms with Crippen LogP contribution >= 0.6 is 11.8 Å². The summed E-state index contributed by atoms with van der Waals surface area (Å²) in [5, 5.41) is 0. The van der Waals surface area contributed by atoms with Gasteiger partial charge in [0.1, 0.15) is 5.75 Å². The van der Waals surface area contributed by atoms with Gasteiger partial charge in [0.25, 0.3) is 0 Å². The number of imide groups is 1. The SMILES string of the molecule is Cc1cc(C(=O)CN2C(=O)C[C@@]3(CCSC3)C2=O)c(C)n1-c1ccc(OC(F)F)cc1. The highest BCUT2D eigenvalue weighted by Gasteiger charge is 2.53. The third-order valence-electron chi connectivity index (χ3n) is 5.95. The van der Waals surface area contributed by atoms with Crippen LogP contribution in [0.5, 0.6) is 5.75 Å². The van der Waals surface area contributed by atoms with Crippen LogP contribution in [0.25, 0.3) is 5.69 Å². The first-order chi connectivity index (χ1) is 14.7. The number of halogens is 2. The van der Waals surface area contributed by atoms with Gasteiger partial charge in [-0.15, -0.1) is 0 Å². The molecule has 6 nitrogen and oxygen atoms in total. The van der Waals surface area contributed by atoms with Gasteiger partial charge in [-0.3, -0.25) is 19.3 Å². The number of benzene rings is 1. The van der Waals surface area contributed by atoms with Crippen molar-refractivity contribution in [1.82, 2.24) is 9.47 Å². The molecule has 9 heteroatoms. The molecule has 1 aromatic heterocycles. The molecule has 0 N–H and O–H groups in total. The van der Waals surface area contributed by atoms with E-state index in [1.165, 1.54) is 12.1 Å². The summed E-state index contributed by atoms with van der Waals surface area (Å²) in [6.07, 6.45) is 0.852. The molecule has 0 bridgehead atoms. The summed E-state index contributed by atoms with van der Waals surface area (Å²) in [6.45, 7) is 0.426. The number of alkyl halides is 2. The van der Waals surface area contributed by atoms with Crippen molar-refractivity contribution in [2.24, 2.45) is 5.41 Å². The maximum Gasteiger partial charge on any atom is 0.387 e. The van der Waals surface area contributed by atoms with Gasteiger partial charge in [-0.05, 0) is 56.4 Å². The second-order valence-corrected chi connectivity index (χ2v) is 9.07. The number of thioether (sulfide) groups is 1. The Hall–Kier alpha value is -2.68. The van der Waals surface area contributed by atoms with Gasteiger partial charge in [0.2, 0.25) is 11.8 Å². The molecule has 2 aromatic rings. The minimum atomic E-state index is -2.90. The normalized spacial score (nSPS) is 21.0. The van der Waals surface area contributed by atoms with Gasteiger partial charge in [0.15, 0.2) is 5.78 Å². The van der Waals surface area contributed by atoms with Crippen LogP contribution < -0.4 is 4.74 Å². The van der Waals surface area contributed by atoms with Crippen LogP contribution in [0.1, 0.15) is 34.6 Å². The van der Waals surface area contributed by atoms with Crippen LogP contribution in [0, 0.1) is 19.3 Å². The quantitative estimate of drug-likeness (QED) is 0.497. The molecule has 2 saturated heterocycles. The molecule has 2 aliphatic heterocycles. The molecule has 1 atom stereocenters. The second kappa shape index (κ2) is 8.11. The second-order valence-electron chi connectivity index (χ2n) is 7.96. The van der Waals surface area contributed by atoms with Crippen LogP contribution in [-0.4, -0.2) is 51.7 Å². The molecule has 3 heterocycles. The van der Waals surface area contributed by atoms with Crippen LogP contribution in [0.2, 0.25) is 0 Å². The van der Waals surface area contributed by atoms with Gasteiger partial charge in [-0.1, -0.05) is 0 Å². The van der Waals surface area contributed by atoms with E-state index in [1.54, 1.807) is 36.9 Å². The number of aromatic nitrogens is 1. The number of likely N-dealkylation sites (tertiary alicyclic amines) is 1. The van der Waals surface area contributed by atoms with E-state index in [0.717, 1.165) is 16.3 Å². The summed E-state index contributed by atoms with van der Waals surface area (Å²) in [6, 6.07) is 7.83. The summed E-state index contributed by atoms with van der Waals surface area (Å²) < 4.78 is 30.9. The van der Waals surface area contributed by atoms with Crippen molar-refractivity contribution in [3.05, 3.63) is 47.3 Å². The zero-order chi connectivity index (χ0) is 22.3. The fraction of sp³-hybridized carbons (Fsp3) is 0.409. The molecule has 2 amide bonds. The summed E-state index contributed by atoms with van der Waals surface area (Å²) >= 11 is 1.66. The number of nitrogens with zero attached hydrogens (tertiary/aromatic N) is 2. The molecular formula is C22H22F2N2O4S. The van der Waals surface area contributed by atoms with E-state index in [1.807, 2.05) is 11.5 Å². The number of rotatable bonds is 6. The third kappa shape index (κ3) is 3.86. The predicted molar refractivity (Wildman–Crippen MR) is 112 cm³/mol. The molecule has 0 aliphatic carbocycles. The van der Waals surface area contributed by atoms with Gasteiger partial charge in [-0.2, -0.15) is 20.5 Å². The molecule has 164 valence electrons. The summed E-state index contributed by atoms with van der Waals surface area (Å²) in [5.41, 5.74) is 1.89. The molecule has 0 radical (unpaired) electrons. The topological polar surface area (TPSA) is 68.6 Å². The molecule has 0 saturated carbocycles. The number of carbonyl (C=O) groups excluding carboxylic acids is 3. The smallest absolute Gasteiger partial charge is 0.387 e. The minimum absolute atomic E-state index is 0.0441. The van der Waals surface area contributed by atoms with Crippen LogP contribution in [0.3, 0.4) is 0 Å². The zero-order valence-electron chi connectivity index (χ0n) is 17.2. The van der Waals surface area contributed by atoms with Crippen molar-refractivity contribution in [3.63, 3.8) is 0 Å². The molecule has 2 aliphatic rings. The largest absolute Gasteiger partial charge is 0.435 e. The van der Waals surface area contributed by atoms with E-state index in [4.69, 9.17) is 0 Å². The number of ketones is 1. The highest BCUT2D eigenvalue weighted by atomic mass is 32.2. The van der Waals surface area contributed by atoms with Crippen molar-refractivity contribution in [3.8, 4) is 11.4 Å². The monoisotopic (exact) mass is 448 g/mol. The molecule has 1 aromatic carbocycles. The lowest BCUT2D eigenvalue weighted by Crippen LogP contribution is -2.39. The third-order valence-corrected chi connectivity index (χ3v) is 7.20. The Morgan fingerprint density at radius 2 is 1.94 bits per heavy atom. The molecule has 4 rings (SSSR count). The molecular weight excluding hydrogens is 426 g/mol. The summed E-state index contributed by atoms with van der Waals surface area (Å²) in [4.78, 5) is 39.5. The highest BCUT2D eigenvalue weighted by Crippen LogP contribution is 2.45. The Bertz CT molecular complexity index is 1040. The number of hydrogen-bond donors (Lipinski definition) is 0. The van der Waals surface area contributed by atoms with Crippen molar-refractivity contribution >= 4 is 29.4 Å². The van der Waals surface area contributed by atoms with Crippen molar-refractivity contribution in [2.75, 3.05) is 18.1 Å². The Labute approximate surface area is 182 Å². The molecule has 0 unspecified atom stereocenters. The van der Waals surface area contributed by atoms with E-state index in [-0.39, 0.29) is 36.3 Å². The first-order valence-corrected chi connectivity index (χ1v) is 11.1. The average molecular weight is 448 g/mol. The number of aryl methyl sites for hydroxylation is 1. The van der Waals surface area contributed by atoms with Crippen molar-refractivity contribution in [2.45, 2.75) is 33.3 Å². The molecule has 31 heavy (non-hydrogen) atoms. The summed E-state index contributed by atoms with van der Waals surface area (Å²) in [5.74, 6) is 0.693. The van der Waals surface area contributed by atoms with E-state index >= 15 is 0 Å². The number of amides is 2. The molecule has 1 spiro atoms. The fourth-order valence-electron chi connectivity index (χ4n) is 4.38. The van der Waals surface area contributed by atoms with Crippen LogP contribution in [0.4, 0.5) is 8.78 Å².